The van der Waals surface area contributed by atoms with E-state index in [4.69, 9.17) is 15.9 Å². The largest absolute Gasteiger partial charge is 0.398 e. The standard InChI is InChI=1S/C14H22N2O2/c1-3-11(2)13-10-12(4-5-14(13)15)16(6-8-17)7-9-18/h3-5,10,17-18H,6-9,15H2,1-2H3. The van der Waals surface area contributed by atoms with Gasteiger partial charge in [0.25, 0.3) is 0 Å². The van der Waals surface area contributed by atoms with Gasteiger partial charge < -0.3 is 20.8 Å². The fourth-order valence-electron chi connectivity index (χ4n) is 1.85. The molecule has 0 saturated heterocycles. The van der Waals surface area contributed by atoms with Crippen molar-refractivity contribution in [3.05, 3.63) is 29.8 Å². The Hall–Kier alpha value is -1.52. The molecular formula is C14H22N2O2. The van der Waals surface area contributed by atoms with Crippen molar-refractivity contribution in [2.24, 2.45) is 0 Å². The van der Waals surface area contributed by atoms with Gasteiger partial charge in [0.1, 0.15) is 0 Å². The van der Waals surface area contributed by atoms with Crippen LogP contribution in [0, 0.1) is 0 Å². The Kier molecular flexibility index (Phi) is 5.68. The van der Waals surface area contributed by atoms with Crippen LogP contribution in [0.3, 0.4) is 0 Å². The summed E-state index contributed by atoms with van der Waals surface area (Å²) in [5.41, 5.74) is 9.77. The van der Waals surface area contributed by atoms with E-state index in [2.05, 4.69) is 0 Å². The summed E-state index contributed by atoms with van der Waals surface area (Å²) < 4.78 is 0. The highest BCUT2D eigenvalue weighted by molar-refractivity contribution is 5.77. The van der Waals surface area contributed by atoms with Crippen molar-refractivity contribution in [3.8, 4) is 0 Å². The van der Waals surface area contributed by atoms with E-state index in [1.54, 1.807) is 0 Å². The average molecular weight is 250 g/mol. The van der Waals surface area contributed by atoms with Crippen LogP contribution in [0.15, 0.2) is 24.3 Å². The van der Waals surface area contributed by atoms with Crippen molar-refractivity contribution in [1.29, 1.82) is 0 Å². The van der Waals surface area contributed by atoms with Gasteiger partial charge in [-0.25, -0.2) is 0 Å². The van der Waals surface area contributed by atoms with Crippen LogP contribution >= 0.6 is 0 Å². The lowest BCUT2D eigenvalue weighted by Crippen LogP contribution is -2.29. The summed E-state index contributed by atoms with van der Waals surface area (Å²) in [6, 6.07) is 5.77. The summed E-state index contributed by atoms with van der Waals surface area (Å²) in [6.45, 7) is 5.10. The number of anilines is 2. The zero-order valence-corrected chi connectivity index (χ0v) is 11.1. The number of nitrogens with zero attached hydrogens (tertiary/aromatic N) is 1. The Bertz CT molecular complexity index is 410. The zero-order valence-electron chi connectivity index (χ0n) is 11.1. The molecule has 0 aliphatic heterocycles. The van der Waals surface area contributed by atoms with Crippen molar-refractivity contribution in [1.82, 2.24) is 0 Å². The number of aliphatic hydroxyl groups is 2. The minimum Gasteiger partial charge on any atom is -0.398 e. The first-order chi connectivity index (χ1) is 8.63. The van der Waals surface area contributed by atoms with E-state index in [0.717, 1.165) is 22.5 Å². The molecule has 0 bridgehead atoms. The van der Waals surface area contributed by atoms with Crippen molar-refractivity contribution >= 4 is 16.9 Å². The van der Waals surface area contributed by atoms with E-state index < -0.39 is 0 Å². The molecule has 0 saturated carbocycles. The van der Waals surface area contributed by atoms with Crippen LogP contribution in [0.2, 0.25) is 0 Å². The third kappa shape index (κ3) is 3.48. The Morgan fingerprint density at radius 1 is 1.28 bits per heavy atom. The van der Waals surface area contributed by atoms with Gasteiger partial charge in [-0.1, -0.05) is 6.08 Å². The molecule has 100 valence electrons. The molecule has 0 aromatic heterocycles. The number of rotatable bonds is 6. The Labute approximate surface area is 108 Å². The maximum Gasteiger partial charge on any atom is 0.0606 e. The normalized spacial score (nSPS) is 11.7. The van der Waals surface area contributed by atoms with Crippen LogP contribution in [0.25, 0.3) is 5.57 Å². The van der Waals surface area contributed by atoms with Gasteiger partial charge in [0.05, 0.1) is 13.2 Å². The number of aliphatic hydroxyl groups excluding tert-OH is 2. The second kappa shape index (κ2) is 7.03. The van der Waals surface area contributed by atoms with E-state index in [-0.39, 0.29) is 13.2 Å². The fraction of sp³-hybridized carbons (Fsp3) is 0.429. The van der Waals surface area contributed by atoms with Gasteiger partial charge in [-0.3, -0.25) is 0 Å². The van der Waals surface area contributed by atoms with Crippen LogP contribution < -0.4 is 10.6 Å². The zero-order chi connectivity index (χ0) is 13.5. The first-order valence-electron chi connectivity index (χ1n) is 6.13. The van der Waals surface area contributed by atoms with Gasteiger partial charge in [-0.15, -0.1) is 0 Å². The lowest BCUT2D eigenvalue weighted by molar-refractivity contribution is 0.281. The Balaban J connectivity index is 3.08. The Morgan fingerprint density at radius 3 is 2.39 bits per heavy atom. The Morgan fingerprint density at radius 2 is 1.89 bits per heavy atom. The van der Waals surface area contributed by atoms with Crippen molar-refractivity contribution in [2.75, 3.05) is 36.9 Å². The average Bonchev–Trinajstić information content (AvgIpc) is 2.38. The molecular weight excluding hydrogens is 228 g/mol. The SMILES string of the molecule is CC=C(C)c1cc(N(CCO)CCO)ccc1N. The number of nitrogen functional groups attached to an aromatic ring is 1. The molecule has 0 aliphatic rings. The third-order valence-electron chi connectivity index (χ3n) is 3.00. The number of hydrogen-bond donors (Lipinski definition) is 3. The number of nitrogens with two attached hydrogens (primary N) is 1. The molecule has 0 spiro atoms. The monoisotopic (exact) mass is 250 g/mol. The van der Waals surface area contributed by atoms with E-state index in [9.17, 15) is 0 Å². The molecule has 4 nitrogen and oxygen atoms in total. The van der Waals surface area contributed by atoms with E-state index in [1.807, 2.05) is 43.0 Å². The minimum atomic E-state index is 0.0578. The lowest BCUT2D eigenvalue weighted by atomic mass is 10.0. The summed E-state index contributed by atoms with van der Waals surface area (Å²) >= 11 is 0. The van der Waals surface area contributed by atoms with Gasteiger partial charge >= 0.3 is 0 Å². The minimum absolute atomic E-state index is 0.0578. The number of allylic oxidation sites excluding steroid dienone is 2. The molecule has 0 unspecified atom stereocenters. The first kappa shape index (κ1) is 14.5. The number of hydrogen-bond acceptors (Lipinski definition) is 4. The van der Waals surface area contributed by atoms with E-state index in [0.29, 0.717) is 13.1 Å². The van der Waals surface area contributed by atoms with Crippen molar-refractivity contribution < 1.29 is 10.2 Å². The molecule has 4 heteroatoms. The van der Waals surface area contributed by atoms with Gasteiger partial charge in [-0.2, -0.15) is 0 Å². The molecule has 0 amide bonds. The highest BCUT2D eigenvalue weighted by Gasteiger charge is 2.08. The first-order valence-corrected chi connectivity index (χ1v) is 6.13. The molecule has 1 aromatic rings. The van der Waals surface area contributed by atoms with Crippen LogP contribution in [-0.2, 0) is 0 Å². The maximum absolute atomic E-state index is 9.04. The molecule has 0 radical (unpaired) electrons. The second-order valence-electron chi connectivity index (χ2n) is 4.18. The van der Waals surface area contributed by atoms with Crippen LogP contribution in [-0.4, -0.2) is 36.5 Å². The predicted molar refractivity (Wildman–Crippen MR) is 76.6 cm³/mol. The van der Waals surface area contributed by atoms with E-state index >= 15 is 0 Å². The maximum atomic E-state index is 9.04. The summed E-state index contributed by atoms with van der Waals surface area (Å²) in [5, 5.41) is 18.1. The summed E-state index contributed by atoms with van der Waals surface area (Å²) in [7, 11) is 0. The van der Waals surface area contributed by atoms with Crippen molar-refractivity contribution in [3.63, 3.8) is 0 Å². The smallest absolute Gasteiger partial charge is 0.0606 e. The van der Waals surface area contributed by atoms with Crippen LogP contribution in [0.5, 0.6) is 0 Å². The molecule has 18 heavy (non-hydrogen) atoms. The lowest BCUT2D eigenvalue weighted by Gasteiger charge is -2.24. The van der Waals surface area contributed by atoms with Gasteiger partial charge in [0.15, 0.2) is 0 Å². The molecule has 0 atom stereocenters. The highest BCUT2D eigenvalue weighted by Crippen LogP contribution is 2.26. The molecule has 4 N–H and O–H groups in total. The highest BCUT2D eigenvalue weighted by atomic mass is 16.3. The summed E-state index contributed by atoms with van der Waals surface area (Å²) in [5.74, 6) is 0. The van der Waals surface area contributed by atoms with Gasteiger partial charge in [0.2, 0.25) is 0 Å². The van der Waals surface area contributed by atoms with Crippen LogP contribution in [0.4, 0.5) is 11.4 Å². The fourth-order valence-corrected chi connectivity index (χ4v) is 1.85. The second-order valence-corrected chi connectivity index (χ2v) is 4.18. The molecule has 0 heterocycles. The summed E-state index contributed by atoms with van der Waals surface area (Å²) in [4.78, 5) is 1.94. The van der Waals surface area contributed by atoms with E-state index in [1.165, 1.54) is 0 Å². The third-order valence-corrected chi connectivity index (χ3v) is 3.00. The number of benzene rings is 1. The predicted octanol–water partition coefficient (Wildman–Crippen LogP) is 1.48. The topological polar surface area (TPSA) is 69.7 Å². The van der Waals surface area contributed by atoms with Crippen LogP contribution in [0.1, 0.15) is 19.4 Å². The van der Waals surface area contributed by atoms with Gasteiger partial charge in [-0.05, 0) is 37.6 Å². The summed E-state index contributed by atoms with van der Waals surface area (Å²) in [6.07, 6.45) is 2.01. The van der Waals surface area contributed by atoms with Gasteiger partial charge in [0, 0.05) is 30.0 Å². The van der Waals surface area contributed by atoms with Crippen molar-refractivity contribution in [2.45, 2.75) is 13.8 Å². The molecule has 0 aliphatic carbocycles. The molecule has 0 fully saturated rings. The quantitative estimate of drug-likeness (QED) is 0.669. The molecule has 1 rings (SSSR count). The molecule has 1 aromatic carbocycles.